The highest BCUT2D eigenvalue weighted by Gasteiger charge is 2.16. The predicted octanol–water partition coefficient (Wildman–Crippen LogP) is 3.69. The van der Waals surface area contributed by atoms with Gasteiger partial charge in [-0.3, -0.25) is 4.98 Å². The fourth-order valence-corrected chi connectivity index (χ4v) is 4.49. The van der Waals surface area contributed by atoms with Crippen molar-refractivity contribution < 1.29 is 4.74 Å². The molecule has 27 heavy (non-hydrogen) atoms. The molecule has 4 heterocycles. The van der Waals surface area contributed by atoms with Crippen LogP contribution < -0.4 is 5.32 Å². The topological polar surface area (TPSA) is 85.7 Å². The molecule has 1 fully saturated rings. The average Bonchev–Trinajstić information content (AvgIpc) is 3.38. The SMILES string of the molecule is CCc1cc(Sc2nnc(NCC3CCCO3)s2)nc(-c2ccncc2)n1. The third-order valence-electron chi connectivity index (χ3n) is 4.16. The van der Waals surface area contributed by atoms with E-state index >= 15 is 0 Å². The Labute approximate surface area is 166 Å². The van der Waals surface area contributed by atoms with E-state index in [1.54, 1.807) is 12.4 Å². The normalized spacial score (nSPS) is 16.6. The van der Waals surface area contributed by atoms with E-state index in [9.17, 15) is 0 Å². The molecule has 4 rings (SSSR count). The fourth-order valence-electron chi connectivity index (χ4n) is 2.75. The Morgan fingerprint density at radius 2 is 2.15 bits per heavy atom. The van der Waals surface area contributed by atoms with Crippen LogP contribution in [0.25, 0.3) is 11.4 Å². The standard InChI is InChI=1S/C18H20N6OS2/c1-2-13-10-15(22-16(21-13)12-5-7-19-8-6-12)26-18-24-23-17(27-18)20-11-14-4-3-9-25-14/h5-8,10,14H,2-4,9,11H2,1H3,(H,20,23). The summed E-state index contributed by atoms with van der Waals surface area (Å²) in [6.07, 6.45) is 6.87. The number of hydrogen-bond donors (Lipinski definition) is 1. The molecular weight excluding hydrogens is 380 g/mol. The number of rotatable bonds is 7. The van der Waals surface area contributed by atoms with Gasteiger partial charge in [0.15, 0.2) is 10.2 Å². The zero-order valence-electron chi connectivity index (χ0n) is 15.0. The van der Waals surface area contributed by atoms with Crippen molar-refractivity contribution in [3.8, 4) is 11.4 Å². The Kier molecular flexibility index (Phi) is 5.90. The van der Waals surface area contributed by atoms with E-state index in [0.29, 0.717) is 5.82 Å². The van der Waals surface area contributed by atoms with E-state index in [1.165, 1.54) is 23.1 Å². The lowest BCUT2D eigenvalue weighted by Gasteiger charge is -2.08. The molecule has 0 spiro atoms. The minimum Gasteiger partial charge on any atom is -0.376 e. The Morgan fingerprint density at radius 1 is 1.26 bits per heavy atom. The van der Waals surface area contributed by atoms with Gasteiger partial charge in [-0.1, -0.05) is 18.3 Å². The van der Waals surface area contributed by atoms with Crippen LogP contribution in [0.15, 0.2) is 40.0 Å². The Bertz CT molecular complexity index is 883. The van der Waals surface area contributed by atoms with Crippen molar-refractivity contribution in [2.45, 2.75) is 41.7 Å². The van der Waals surface area contributed by atoms with Gasteiger partial charge in [0.25, 0.3) is 0 Å². The Hall–Kier alpha value is -2.10. The van der Waals surface area contributed by atoms with Crippen LogP contribution in [0.3, 0.4) is 0 Å². The lowest BCUT2D eigenvalue weighted by Crippen LogP contribution is -2.18. The zero-order chi connectivity index (χ0) is 18.5. The van der Waals surface area contributed by atoms with E-state index in [2.05, 4.69) is 37.4 Å². The number of hydrogen-bond acceptors (Lipinski definition) is 9. The highest BCUT2D eigenvalue weighted by molar-refractivity contribution is 8.01. The van der Waals surface area contributed by atoms with E-state index < -0.39 is 0 Å². The van der Waals surface area contributed by atoms with Crippen LogP contribution >= 0.6 is 23.1 Å². The second-order valence-electron chi connectivity index (χ2n) is 6.10. The Morgan fingerprint density at radius 3 is 2.93 bits per heavy atom. The Balaban J connectivity index is 1.47. The number of nitrogens with one attached hydrogen (secondary N) is 1. The van der Waals surface area contributed by atoms with Crippen molar-refractivity contribution in [1.29, 1.82) is 0 Å². The molecule has 0 bridgehead atoms. The summed E-state index contributed by atoms with van der Waals surface area (Å²) in [4.78, 5) is 13.4. The maximum atomic E-state index is 5.63. The minimum atomic E-state index is 0.280. The van der Waals surface area contributed by atoms with Gasteiger partial charge < -0.3 is 10.1 Å². The lowest BCUT2D eigenvalue weighted by molar-refractivity contribution is 0.120. The molecule has 0 amide bonds. The summed E-state index contributed by atoms with van der Waals surface area (Å²) in [5.74, 6) is 0.709. The molecule has 0 radical (unpaired) electrons. The highest BCUT2D eigenvalue weighted by atomic mass is 32.2. The molecule has 1 atom stereocenters. The molecule has 1 saturated heterocycles. The van der Waals surface area contributed by atoms with Crippen LogP contribution in [0.4, 0.5) is 5.13 Å². The predicted molar refractivity (Wildman–Crippen MR) is 106 cm³/mol. The quantitative estimate of drug-likeness (QED) is 0.601. The molecule has 0 aromatic carbocycles. The number of pyridine rings is 1. The first-order valence-corrected chi connectivity index (χ1v) is 10.6. The summed E-state index contributed by atoms with van der Waals surface area (Å²) in [5.41, 5.74) is 1.96. The van der Waals surface area contributed by atoms with Crippen LogP contribution in [0.2, 0.25) is 0 Å². The second-order valence-corrected chi connectivity index (χ2v) is 8.35. The molecule has 1 aliphatic rings. The molecule has 140 valence electrons. The van der Waals surface area contributed by atoms with Gasteiger partial charge in [0.05, 0.1) is 6.10 Å². The molecule has 1 N–H and O–H groups in total. The average molecular weight is 401 g/mol. The molecule has 1 aliphatic heterocycles. The van der Waals surface area contributed by atoms with Crippen LogP contribution in [0.5, 0.6) is 0 Å². The zero-order valence-corrected chi connectivity index (χ0v) is 16.6. The van der Waals surface area contributed by atoms with Crippen molar-refractivity contribution in [3.63, 3.8) is 0 Å². The van der Waals surface area contributed by atoms with E-state index in [-0.39, 0.29) is 6.10 Å². The first kappa shape index (κ1) is 18.3. The van der Waals surface area contributed by atoms with Crippen molar-refractivity contribution in [3.05, 3.63) is 36.3 Å². The first-order valence-electron chi connectivity index (χ1n) is 8.95. The van der Waals surface area contributed by atoms with E-state index in [0.717, 1.165) is 58.2 Å². The van der Waals surface area contributed by atoms with Crippen LogP contribution in [0, 0.1) is 0 Å². The van der Waals surface area contributed by atoms with Gasteiger partial charge >= 0.3 is 0 Å². The van der Waals surface area contributed by atoms with Crippen molar-refractivity contribution in [2.24, 2.45) is 0 Å². The number of nitrogens with zero attached hydrogens (tertiary/aromatic N) is 5. The fraction of sp³-hybridized carbons (Fsp3) is 0.389. The van der Waals surface area contributed by atoms with E-state index in [4.69, 9.17) is 4.74 Å². The number of aromatic nitrogens is 5. The highest BCUT2D eigenvalue weighted by Crippen LogP contribution is 2.32. The van der Waals surface area contributed by atoms with Gasteiger partial charge in [0, 0.05) is 36.8 Å². The molecular formula is C18H20N6OS2. The van der Waals surface area contributed by atoms with Gasteiger partial charge in [-0.05, 0) is 49.2 Å². The minimum absolute atomic E-state index is 0.280. The van der Waals surface area contributed by atoms with Crippen molar-refractivity contribution >= 4 is 28.2 Å². The molecule has 1 unspecified atom stereocenters. The summed E-state index contributed by atoms with van der Waals surface area (Å²) >= 11 is 3.04. The molecule has 3 aromatic rings. The molecule has 0 aliphatic carbocycles. The van der Waals surface area contributed by atoms with Gasteiger partial charge in [0.2, 0.25) is 5.13 Å². The number of aryl methyl sites for hydroxylation is 1. The van der Waals surface area contributed by atoms with Crippen LogP contribution in [0.1, 0.15) is 25.5 Å². The van der Waals surface area contributed by atoms with Crippen LogP contribution in [-0.2, 0) is 11.2 Å². The largest absolute Gasteiger partial charge is 0.376 e. The van der Waals surface area contributed by atoms with Gasteiger partial charge in [-0.25, -0.2) is 9.97 Å². The lowest BCUT2D eigenvalue weighted by atomic mass is 10.2. The first-order chi connectivity index (χ1) is 13.3. The summed E-state index contributed by atoms with van der Waals surface area (Å²) < 4.78 is 6.48. The summed E-state index contributed by atoms with van der Waals surface area (Å²) in [6, 6.07) is 5.85. The maximum absolute atomic E-state index is 5.63. The molecule has 0 saturated carbocycles. The summed E-state index contributed by atoms with van der Waals surface area (Å²) in [5, 5.41) is 13.5. The second kappa shape index (κ2) is 8.73. The van der Waals surface area contributed by atoms with Gasteiger partial charge in [0.1, 0.15) is 5.03 Å². The monoisotopic (exact) mass is 400 g/mol. The third-order valence-corrected chi connectivity index (χ3v) is 6.01. The van der Waals surface area contributed by atoms with Crippen LogP contribution in [-0.4, -0.2) is 44.4 Å². The third kappa shape index (κ3) is 4.79. The van der Waals surface area contributed by atoms with Gasteiger partial charge in [-0.2, -0.15) is 0 Å². The van der Waals surface area contributed by atoms with E-state index in [1.807, 2.05) is 18.2 Å². The van der Waals surface area contributed by atoms with Crippen molar-refractivity contribution in [1.82, 2.24) is 25.1 Å². The molecule has 3 aromatic heterocycles. The number of ether oxygens (including phenoxy) is 1. The van der Waals surface area contributed by atoms with Crippen molar-refractivity contribution in [2.75, 3.05) is 18.5 Å². The molecule has 9 heteroatoms. The number of anilines is 1. The maximum Gasteiger partial charge on any atom is 0.206 e. The summed E-state index contributed by atoms with van der Waals surface area (Å²) in [6.45, 7) is 3.72. The van der Waals surface area contributed by atoms with Gasteiger partial charge in [-0.15, -0.1) is 10.2 Å². The molecule has 7 nitrogen and oxygen atoms in total. The summed E-state index contributed by atoms with van der Waals surface area (Å²) in [7, 11) is 0. The smallest absolute Gasteiger partial charge is 0.206 e.